The second-order valence-corrected chi connectivity index (χ2v) is 26.0. The highest BCUT2D eigenvalue weighted by Crippen LogP contribution is 2.24. The number of hydrogen-bond donors (Lipinski definition) is 6. The summed E-state index contributed by atoms with van der Waals surface area (Å²) in [5.41, 5.74) is 0. The van der Waals surface area contributed by atoms with Gasteiger partial charge in [0.05, 0.1) is 32.0 Å². The number of carbonyl (C=O) groups excluding carboxylic acids is 2. The highest BCUT2D eigenvalue weighted by atomic mass is 16.7. The van der Waals surface area contributed by atoms with Crippen LogP contribution in [0.2, 0.25) is 0 Å². The van der Waals surface area contributed by atoms with E-state index in [0.29, 0.717) is 19.4 Å². The Bertz CT molecular complexity index is 1460. The summed E-state index contributed by atoms with van der Waals surface area (Å²) in [5.74, 6) is -0.164. The van der Waals surface area contributed by atoms with E-state index < -0.39 is 49.5 Å². The van der Waals surface area contributed by atoms with Crippen molar-refractivity contribution in [2.24, 2.45) is 0 Å². The van der Waals surface area contributed by atoms with Crippen LogP contribution in [0.4, 0.5) is 0 Å². The molecule has 6 N–H and O–H groups in total. The van der Waals surface area contributed by atoms with Crippen molar-refractivity contribution in [1.82, 2.24) is 5.32 Å². The van der Waals surface area contributed by atoms with Gasteiger partial charge in [0.2, 0.25) is 5.91 Å². The Balaban J connectivity index is 1.88. The lowest BCUT2D eigenvalue weighted by Crippen LogP contribution is -2.60. The number of ether oxygens (including phenoxy) is 3. The van der Waals surface area contributed by atoms with Crippen molar-refractivity contribution >= 4 is 11.9 Å². The van der Waals surface area contributed by atoms with Crippen molar-refractivity contribution in [2.45, 2.75) is 416 Å². The molecule has 0 saturated carbocycles. The highest BCUT2D eigenvalue weighted by molar-refractivity contribution is 5.76. The van der Waals surface area contributed by atoms with E-state index in [1.165, 1.54) is 295 Å². The molecule has 0 aromatic heterocycles. The van der Waals surface area contributed by atoms with Gasteiger partial charge in [0.25, 0.3) is 0 Å². The van der Waals surface area contributed by atoms with E-state index in [-0.39, 0.29) is 18.5 Å². The van der Waals surface area contributed by atoms with Gasteiger partial charge in [0.15, 0.2) is 6.29 Å². The summed E-state index contributed by atoms with van der Waals surface area (Å²) >= 11 is 0. The molecule has 1 aliphatic heterocycles. The van der Waals surface area contributed by atoms with Crippen molar-refractivity contribution in [3.8, 4) is 0 Å². The second kappa shape index (κ2) is 63.7. The molecular weight excluding hydrogens is 1060 g/mol. The van der Waals surface area contributed by atoms with E-state index in [2.05, 4.69) is 31.3 Å². The smallest absolute Gasteiger partial charge is 0.305 e. The molecule has 85 heavy (non-hydrogen) atoms. The summed E-state index contributed by atoms with van der Waals surface area (Å²) < 4.78 is 16.7. The highest BCUT2D eigenvalue weighted by Gasteiger charge is 2.44. The first-order valence-electron chi connectivity index (χ1n) is 37.1. The summed E-state index contributed by atoms with van der Waals surface area (Å²) in [7, 11) is 0. The minimum atomic E-state index is -1.57. The van der Waals surface area contributed by atoms with Gasteiger partial charge in [-0.3, -0.25) is 9.59 Å². The standard InChI is InChI=1S/C74H141NO10/c1-3-5-7-9-11-13-14-15-35-39-42-46-50-54-58-62-70(79)83-63-59-55-51-47-43-40-37-34-32-30-28-26-24-22-20-18-16-17-19-21-23-25-27-29-31-33-36-38-41-45-49-53-57-61-69(78)75-66(67(77)60-56-52-48-44-12-10-8-6-4-2)65-84-74-73(82)72(81)71(80)68(64-76)85-74/h20,22,56,60,66-68,71-74,76-77,80-82H,3-19,21,23-55,57-59,61-65H2,1-2H3,(H,75,78)/b22-20-,60-56+. The molecular formula is C74H141NO10. The largest absolute Gasteiger partial charge is 0.466 e. The van der Waals surface area contributed by atoms with Crippen molar-refractivity contribution in [3.63, 3.8) is 0 Å². The second-order valence-electron chi connectivity index (χ2n) is 26.0. The summed E-state index contributed by atoms with van der Waals surface area (Å²) in [5, 5.41) is 54.3. The molecule has 0 aromatic rings. The Morgan fingerprint density at radius 1 is 0.424 bits per heavy atom. The fourth-order valence-corrected chi connectivity index (χ4v) is 12.0. The molecule has 7 unspecified atom stereocenters. The fourth-order valence-electron chi connectivity index (χ4n) is 12.0. The van der Waals surface area contributed by atoms with E-state index in [1.807, 2.05) is 6.08 Å². The summed E-state index contributed by atoms with van der Waals surface area (Å²) in [6.45, 7) is 4.36. The summed E-state index contributed by atoms with van der Waals surface area (Å²) in [6, 6.07) is -0.806. The number of aliphatic hydroxyl groups is 5. The van der Waals surface area contributed by atoms with Crippen LogP contribution in [-0.2, 0) is 23.8 Å². The predicted molar refractivity (Wildman–Crippen MR) is 357 cm³/mol. The number of unbranched alkanes of at least 4 members (excludes halogenated alkanes) is 50. The number of rotatable bonds is 66. The van der Waals surface area contributed by atoms with Crippen LogP contribution < -0.4 is 5.32 Å². The van der Waals surface area contributed by atoms with Crippen LogP contribution in [0.15, 0.2) is 24.3 Å². The normalized spacial score (nSPS) is 18.0. The lowest BCUT2D eigenvalue weighted by Gasteiger charge is -2.40. The molecule has 1 aliphatic rings. The molecule has 1 heterocycles. The van der Waals surface area contributed by atoms with E-state index in [4.69, 9.17) is 14.2 Å². The molecule has 0 aromatic carbocycles. The summed E-state index contributed by atoms with van der Waals surface area (Å²) in [4.78, 5) is 25.1. The third kappa shape index (κ3) is 52.6. The maximum atomic E-state index is 13.0. The number of aliphatic hydroxyl groups excluding tert-OH is 5. The van der Waals surface area contributed by atoms with Gasteiger partial charge in [-0.05, 0) is 57.8 Å². The van der Waals surface area contributed by atoms with Crippen molar-refractivity contribution in [1.29, 1.82) is 0 Å². The van der Waals surface area contributed by atoms with Gasteiger partial charge in [0.1, 0.15) is 24.4 Å². The first-order valence-corrected chi connectivity index (χ1v) is 37.1. The first kappa shape index (κ1) is 81.2. The Hall–Kier alpha value is -1.86. The lowest BCUT2D eigenvalue weighted by atomic mass is 9.99. The van der Waals surface area contributed by atoms with Crippen LogP contribution in [0, 0.1) is 0 Å². The third-order valence-electron chi connectivity index (χ3n) is 17.8. The molecule has 11 heteroatoms. The van der Waals surface area contributed by atoms with Crippen LogP contribution in [0.3, 0.4) is 0 Å². The van der Waals surface area contributed by atoms with Crippen LogP contribution in [-0.4, -0.2) is 100 Å². The Morgan fingerprint density at radius 3 is 1.13 bits per heavy atom. The van der Waals surface area contributed by atoms with E-state index in [9.17, 15) is 35.1 Å². The molecule has 1 saturated heterocycles. The van der Waals surface area contributed by atoms with Crippen LogP contribution >= 0.6 is 0 Å². The van der Waals surface area contributed by atoms with Crippen molar-refractivity contribution in [3.05, 3.63) is 24.3 Å². The third-order valence-corrected chi connectivity index (χ3v) is 17.8. The zero-order chi connectivity index (χ0) is 61.6. The van der Waals surface area contributed by atoms with Gasteiger partial charge in [-0.2, -0.15) is 0 Å². The van der Waals surface area contributed by atoms with E-state index >= 15 is 0 Å². The van der Waals surface area contributed by atoms with Gasteiger partial charge in [-0.15, -0.1) is 0 Å². The number of esters is 1. The van der Waals surface area contributed by atoms with Gasteiger partial charge in [0, 0.05) is 12.8 Å². The summed E-state index contributed by atoms with van der Waals surface area (Å²) in [6.07, 6.45) is 70.6. The van der Waals surface area contributed by atoms with Crippen molar-refractivity contribution < 1.29 is 49.3 Å². The zero-order valence-corrected chi connectivity index (χ0v) is 55.8. The maximum absolute atomic E-state index is 13.0. The monoisotopic (exact) mass is 1200 g/mol. The molecule has 1 fully saturated rings. The molecule has 1 rings (SSSR count). The number of hydrogen-bond acceptors (Lipinski definition) is 10. The van der Waals surface area contributed by atoms with Gasteiger partial charge in [-0.25, -0.2) is 0 Å². The van der Waals surface area contributed by atoms with E-state index in [0.717, 1.165) is 51.4 Å². The average Bonchev–Trinajstić information content (AvgIpc) is 3.62. The number of nitrogens with one attached hydrogen (secondary N) is 1. The van der Waals surface area contributed by atoms with Crippen LogP contribution in [0.25, 0.3) is 0 Å². The molecule has 1 amide bonds. The Labute approximate surface area is 524 Å². The minimum Gasteiger partial charge on any atom is -0.466 e. The van der Waals surface area contributed by atoms with Gasteiger partial charge in [-0.1, -0.05) is 327 Å². The lowest BCUT2D eigenvalue weighted by molar-refractivity contribution is -0.302. The minimum absolute atomic E-state index is 0.0150. The number of allylic oxidation sites excluding steroid dienone is 3. The SMILES string of the molecule is CCCCCCCCC/C=C/C(O)C(COC1OC(CO)C(O)C(O)C1O)NC(=O)CCCCCCCCCCCCCCCCCCC/C=C\CCCCCCCCCCCCCCOC(=O)CCCCCCCCCCCCCCCCC. The van der Waals surface area contributed by atoms with E-state index in [1.54, 1.807) is 6.08 Å². The average molecular weight is 1200 g/mol. The van der Waals surface area contributed by atoms with Crippen LogP contribution in [0.1, 0.15) is 373 Å². The fraction of sp³-hybridized carbons (Fsp3) is 0.919. The quantitative estimate of drug-likeness (QED) is 0.0195. The van der Waals surface area contributed by atoms with Crippen LogP contribution in [0.5, 0.6) is 0 Å². The Kier molecular flexibility index (Phi) is 60.8. The van der Waals surface area contributed by atoms with Gasteiger partial charge < -0.3 is 45.1 Å². The molecule has 502 valence electrons. The molecule has 0 spiro atoms. The van der Waals surface area contributed by atoms with Crippen molar-refractivity contribution in [2.75, 3.05) is 19.8 Å². The topological polar surface area (TPSA) is 175 Å². The number of carbonyl (C=O) groups is 2. The predicted octanol–water partition coefficient (Wildman–Crippen LogP) is 19.2. The molecule has 0 bridgehead atoms. The zero-order valence-electron chi connectivity index (χ0n) is 55.8. The first-order chi connectivity index (χ1) is 41.7. The molecule has 11 nitrogen and oxygen atoms in total. The number of amides is 1. The maximum Gasteiger partial charge on any atom is 0.305 e. The Morgan fingerprint density at radius 2 is 0.753 bits per heavy atom. The molecule has 0 aliphatic carbocycles. The molecule has 7 atom stereocenters. The van der Waals surface area contributed by atoms with Gasteiger partial charge >= 0.3 is 5.97 Å². The molecule has 0 radical (unpaired) electrons.